The van der Waals surface area contributed by atoms with Crippen LogP contribution < -0.4 is 5.32 Å². The first-order valence-electron chi connectivity index (χ1n) is 5.97. The van der Waals surface area contributed by atoms with Crippen molar-refractivity contribution >= 4 is 30.7 Å². The van der Waals surface area contributed by atoms with Crippen molar-refractivity contribution in [3.05, 3.63) is 0 Å². The molecule has 1 amide bonds. The first-order valence-corrected chi connectivity index (χ1v) is 5.97. The van der Waals surface area contributed by atoms with Crippen molar-refractivity contribution in [2.24, 2.45) is 0 Å². The minimum Gasteiger partial charge on any atom is -0.340 e. The molecule has 2 aliphatic heterocycles. The van der Waals surface area contributed by atoms with Gasteiger partial charge < -0.3 is 10.2 Å². The van der Waals surface area contributed by atoms with Crippen LogP contribution in [0.25, 0.3) is 0 Å². The van der Waals surface area contributed by atoms with Gasteiger partial charge in [-0.1, -0.05) is 0 Å². The van der Waals surface area contributed by atoms with Gasteiger partial charge in [-0.15, -0.1) is 24.8 Å². The highest BCUT2D eigenvalue weighted by molar-refractivity contribution is 5.85. The summed E-state index contributed by atoms with van der Waals surface area (Å²) in [6, 6.07) is 0.750. The summed E-state index contributed by atoms with van der Waals surface area (Å²) >= 11 is 0. The largest absolute Gasteiger partial charge is 0.340 e. The lowest BCUT2D eigenvalue weighted by atomic mass is 10.0. The SMILES string of the molecule is CC(=O)N1CCN(C2CCNCC2)CC1.Cl.Cl. The second kappa shape index (κ2) is 8.14. The van der Waals surface area contributed by atoms with Crippen LogP contribution in [0.15, 0.2) is 0 Å². The highest BCUT2D eigenvalue weighted by Crippen LogP contribution is 2.14. The molecular formula is C11H23Cl2N3O. The van der Waals surface area contributed by atoms with E-state index in [1.165, 1.54) is 12.8 Å². The Labute approximate surface area is 116 Å². The lowest BCUT2D eigenvalue weighted by Gasteiger charge is -2.40. The molecule has 17 heavy (non-hydrogen) atoms. The first-order chi connectivity index (χ1) is 7.27. The Morgan fingerprint density at radius 3 is 2.06 bits per heavy atom. The van der Waals surface area contributed by atoms with Crippen molar-refractivity contribution in [3.8, 4) is 0 Å². The lowest BCUT2D eigenvalue weighted by Crippen LogP contribution is -2.53. The Kier molecular flexibility index (Phi) is 8.12. The van der Waals surface area contributed by atoms with Gasteiger partial charge >= 0.3 is 0 Å². The third-order valence-electron chi connectivity index (χ3n) is 3.58. The van der Waals surface area contributed by atoms with Crippen molar-refractivity contribution in [1.29, 1.82) is 0 Å². The fourth-order valence-electron chi connectivity index (χ4n) is 2.57. The Hall–Kier alpha value is -0.0300. The van der Waals surface area contributed by atoms with E-state index in [2.05, 4.69) is 10.2 Å². The molecule has 0 atom stereocenters. The van der Waals surface area contributed by atoms with Gasteiger partial charge in [0.25, 0.3) is 0 Å². The van der Waals surface area contributed by atoms with E-state index in [0.717, 1.165) is 45.3 Å². The summed E-state index contributed by atoms with van der Waals surface area (Å²) in [7, 11) is 0. The number of hydrogen-bond donors (Lipinski definition) is 1. The highest BCUT2D eigenvalue weighted by Gasteiger charge is 2.25. The molecule has 0 unspecified atom stereocenters. The molecule has 2 rings (SSSR count). The molecule has 0 aromatic carbocycles. The van der Waals surface area contributed by atoms with E-state index in [4.69, 9.17) is 0 Å². The predicted molar refractivity (Wildman–Crippen MR) is 74.2 cm³/mol. The topological polar surface area (TPSA) is 35.6 Å². The van der Waals surface area contributed by atoms with E-state index >= 15 is 0 Å². The lowest BCUT2D eigenvalue weighted by molar-refractivity contribution is -0.130. The average molecular weight is 284 g/mol. The van der Waals surface area contributed by atoms with Crippen LogP contribution in [-0.4, -0.2) is 61.0 Å². The number of halogens is 2. The number of carbonyl (C=O) groups excluding carboxylic acids is 1. The quantitative estimate of drug-likeness (QED) is 0.771. The molecule has 4 nitrogen and oxygen atoms in total. The Morgan fingerprint density at radius 2 is 1.59 bits per heavy atom. The second-order valence-electron chi connectivity index (χ2n) is 4.52. The van der Waals surface area contributed by atoms with Crippen LogP contribution in [0.5, 0.6) is 0 Å². The van der Waals surface area contributed by atoms with Gasteiger partial charge in [-0.05, 0) is 25.9 Å². The number of nitrogens with one attached hydrogen (secondary N) is 1. The third-order valence-corrected chi connectivity index (χ3v) is 3.58. The van der Waals surface area contributed by atoms with Crippen molar-refractivity contribution in [2.75, 3.05) is 39.3 Å². The molecule has 0 bridgehead atoms. The number of piperidine rings is 1. The van der Waals surface area contributed by atoms with E-state index < -0.39 is 0 Å². The monoisotopic (exact) mass is 283 g/mol. The van der Waals surface area contributed by atoms with Crippen LogP contribution in [0.2, 0.25) is 0 Å². The van der Waals surface area contributed by atoms with Crippen molar-refractivity contribution < 1.29 is 4.79 Å². The number of piperazine rings is 1. The van der Waals surface area contributed by atoms with Gasteiger partial charge in [-0.2, -0.15) is 0 Å². The van der Waals surface area contributed by atoms with Gasteiger partial charge in [0.2, 0.25) is 5.91 Å². The zero-order valence-corrected chi connectivity index (χ0v) is 12.0. The Balaban J connectivity index is 0.00000128. The predicted octanol–water partition coefficient (Wildman–Crippen LogP) is 0.746. The van der Waals surface area contributed by atoms with Gasteiger partial charge in [0.05, 0.1) is 0 Å². The summed E-state index contributed by atoms with van der Waals surface area (Å²) in [6.45, 7) is 7.92. The first kappa shape index (κ1) is 17.0. The number of nitrogens with zero attached hydrogens (tertiary/aromatic N) is 2. The average Bonchev–Trinajstić information content (AvgIpc) is 2.30. The maximum atomic E-state index is 11.2. The molecular weight excluding hydrogens is 261 g/mol. The fraction of sp³-hybridized carbons (Fsp3) is 0.909. The highest BCUT2D eigenvalue weighted by atomic mass is 35.5. The zero-order chi connectivity index (χ0) is 10.7. The van der Waals surface area contributed by atoms with Gasteiger partial charge in [0.1, 0.15) is 0 Å². The molecule has 0 aromatic heterocycles. The molecule has 2 fully saturated rings. The van der Waals surface area contributed by atoms with E-state index in [1.807, 2.05) is 4.90 Å². The summed E-state index contributed by atoms with van der Waals surface area (Å²) in [6.07, 6.45) is 2.53. The van der Waals surface area contributed by atoms with Crippen LogP contribution in [0.3, 0.4) is 0 Å². The Bertz CT molecular complexity index is 227. The van der Waals surface area contributed by atoms with Crippen molar-refractivity contribution in [2.45, 2.75) is 25.8 Å². The number of hydrogen-bond acceptors (Lipinski definition) is 3. The van der Waals surface area contributed by atoms with Gasteiger partial charge in [0.15, 0.2) is 0 Å². The molecule has 0 spiro atoms. The summed E-state index contributed by atoms with van der Waals surface area (Å²) in [5, 5.41) is 3.39. The molecule has 2 aliphatic rings. The molecule has 0 aromatic rings. The second-order valence-corrected chi connectivity index (χ2v) is 4.52. The van der Waals surface area contributed by atoms with Gasteiger partial charge in [-0.25, -0.2) is 0 Å². The van der Waals surface area contributed by atoms with E-state index in [9.17, 15) is 4.79 Å². The molecule has 1 N–H and O–H groups in total. The fourth-order valence-corrected chi connectivity index (χ4v) is 2.57. The molecule has 102 valence electrons. The standard InChI is InChI=1S/C11H21N3O.2ClH/c1-10(15)13-6-8-14(9-7-13)11-2-4-12-5-3-11;;/h11-12H,2-9H2,1H3;2*1H. The molecule has 6 heteroatoms. The van der Waals surface area contributed by atoms with Crippen LogP contribution in [0.1, 0.15) is 19.8 Å². The molecule has 0 saturated carbocycles. The van der Waals surface area contributed by atoms with E-state index in [0.29, 0.717) is 0 Å². The number of amides is 1. The summed E-state index contributed by atoms with van der Waals surface area (Å²) in [5.41, 5.74) is 0. The summed E-state index contributed by atoms with van der Waals surface area (Å²) in [4.78, 5) is 15.7. The van der Waals surface area contributed by atoms with Crippen LogP contribution in [-0.2, 0) is 4.79 Å². The van der Waals surface area contributed by atoms with Crippen LogP contribution >= 0.6 is 24.8 Å². The van der Waals surface area contributed by atoms with E-state index in [1.54, 1.807) is 6.92 Å². The van der Waals surface area contributed by atoms with Crippen LogP contribution in [0.4, 0.5) is 0 Å². The Morgan fingerprint density at radius 1 is 1.06 bits per heavy atom. The number of carbonyl (C=O) groups is 1. The normalized spacial score (nSPS) is 22.5. The zero-order valence-electron chi connectivity index (χ0n) is 10.4. The molecule has 0 radical (unpaired) electrons. The summed E-state index contributed by atoms with van der Waals surface area (Å²) in [5.74, 6) is 0.222. The third kappa shape index (κ3) is 4.62. The molecule has 2 heterocycles. The van der Waals surface area contributed by atoms with E-state index in [-0.39, 0.29) is 30.7 Å². The van der Waals surface area contributed by atoms with Crippen molar-refractivity contribution in [1.82, 2.24) is 15.1 Å². The maximum Gasteiger partial charge on any atom is 0.219 e. The minimum atomic E-state index is 0. The molecule has 0 aliphatic carbocycles. The summed E-state index contributed by atoms with van der Waals surface area (Å²) < 4.78 is 0. The molecule has 2 saturated heterocycles. The van der Waals surface area contributed by atoms with Crippen molar-refractivity contribution in [3.63, 3.8) is 0 Å². The minimum absolute atomic E-state index is 0. The van der Waals surface area contributed by atoms with Crippen LogP contribution in [0, 0.1) is 0 Å². The van der Waals surface area contributed by atoms with Gasteiger partial charge in [0, 0.05) is 39.1 Å². The number of rotatable bonds is 1. The smallest absolute Gasteiger partial charge is 0.219 e. The van der Waals surface area contributed by atoms with Gasteiger partial charge in [-0.3, -0.25) is 9.69 Å². The maximum absolute atomic E-state index is 11.2.